The number of hydrogen-bond acceptors (Lipinski definition) is 2. The van der Waals surface area contributed by atoms with Crippen molar-refractivity contribution in [1.82, 2.24) is 15.1 Å². The topological polar surface area (TPSA) is 59.0 Å². The van der Waals surface area contributed by atoms with Gasteiger partial charge in [0, 0.05) is 35.7 Å². The number of hydrogen-bond donors (Lipinski definition) is 2. The molecule has 6 heteroatoms. The quantitative estimate of drug-likeness (QED) is 0.890. The SMILES string of the molecule is Cc1ccnn1C[C@@H](C)CNC(=O)Nc1ccc(Cl)cc1. The summed E-state index contributed by atoms with van der Waals surface area (Å²) in [6.07, 6.45) is 1.78. The highest BCUT2D eigenvalue weighted by atomic mass is 35.5. The first-order valence-electron chi connectivity index (χ1n) is 6.83. The summed E-state index contributed by atoms with van der Waals surface area (Å²) in [5, 5.41) is 10.5. The molecular weight excluding hydrogens is 288 g/mol. The van der Waals surface area contributed by atoms with Crippen LogP contribution in [0.5, 0.6) is 0 Å². The number of anilines is 1. The van der Waals surface area contributed by atoms with Gasteiger partial charge in [0.05, 0.1) is 0 Å². The molecule has 21 heavy (non-hydrogen) atoms. The van der Waals surface area contributed by atoms with E-state index >= 15 is 0 Å². The molecule has 0 aliphatic rings. The van der Waals surface area contributed by atoms with Crippen LogP contribution < -0.4 is 10.6 Å². The molecule has 2 aromatic rings. The van der Waals surface area contributed by atoms with Gasteiger partial charge in [-0.2, -0.15) is 5.10 Å². The monoisotopic (exact) mass is 306 g/mol. The molecule has 0 aliphatic heterocycles. The van der Waals surface area contributed by atoms with Gasteiger partial charge in [0.15, 0.2) is 0 Å². The van der Waals surface area contributed by atoms with Crippen molar-refractivity contribution in [3.05, 3.63) is 47.2 Å². The van der Waals surface area contributed by atoms with Gasteiger partial charge < -0.3 is 10.6 Å². The third-order valence-electron chi connectivity index (χ3n) is 3.13. The lowest BCUT2D eigenvalue weighted by molar-refractivity contribution is 0.249. The smallest absolute Gasteiger partial charge is 0.319 e. The third kappa shape index (κ3) is 4.79. The van der Waals surface area contributed by atoms with E-state index in [1.165, 1.54) is 0 Å². The first kappa shape index (κ1) is 15.4. The average Bonchev–Trinajstić information content (AvgIpc) is 2.85. The van der Waals surface area contributed by atoms with Gasteiger partial charge in [-0.15, -0.1) is 0 Å². The van der Waals surface area contributed by atoms with Crippen LogP contribution in [0.2, 0.25) is 5.02 Å². The molecule has 1 aromatic carbocycles. The molecule has 0 radical (unpaired) electrons. The summed E-state index contributed by atoms with van der Waals surface area (Å²) in [5.41, 5.74) is 1.83. The molecule has 0 fully saturated rings. The van der Waals surface area contributed by atoms with E-state index in [1.807, 2.05) is 17.7 Å². The summed E-state index contributed by atoms with van der Waals surface area (Å²) < 4.78 is 1.93. The van der Waals surface area contributed by atoms with E-state index in [-0.39, 0.29) is 6.03 Å². The number of urea groups is 1. The van der Waals surface area contributed by atoms with Crippen LogP contribution in [0.25, 0.3) is 0 Å². The Morgan fingerprint density at radius 1 is 1.33 bits per heavy atom. The number of benzene rings is 1. The normalized spacial score (nSPS) is 12.0. The van der Waals surface area contributed by atoms with Crippen molar-refractivity contribution in [3.63, 3.8) is 0 Å². The van der Waals surface area contributed by atoms with Crippen LogP contribution in [0.1, 0.15) is 12.6 Å². The molecule has 2 rings (SSSR count). The summed E-state index contributed by atoms with van der Waals surface area (Å²) in [4.78, 5) is 11.8. The molecular formula is C15H19ClN4O. The largest absolute Gasteiger partial charge is 0.338 e. The van der Waals surface area contributed by atoms with Crippen LogP contribution in [0.3, 0.4) is 0 Å². The molecule has 1 heterocycles. The molecule has 0 saturated heterocycles. The number of carbonyl (C=O) groups is 1. The van der Waals surface area contributed by atoms with Crippen molar-refractivity contribution < 1.29 is 4.79 Å². The number of rotatable bonds is 5. The van der Waals surface area contributed by atoms with Crippen molar-refractivity contribution in [3.8, 4) is 0 Å². The minimum Gasteiger partial charge on any atom is -0.338 e. The fourth-order valence-electron chi connectivity index (χ4n) is 1.93. The molecule has 2 amide bonds. The van der Waals surface area contributed by atoms with Gasteiger partial charge in [-0.25, -0.2) is 4.79 Å². The van der Waals surface area contributed by atoms with Gasteiger partial charge in [-0.1, -0.05) is 18.5 Å². The average molecular weight is 307 g/mol. The third-order valence-corrected chi connectivity index (χ3v) is 3.38. The van der Waals surface area contributed by atoms with Gasteiger partial charge >= 0.3 is 6.03 Å². The molecule has 112 valence electrons. The molecule has 0 saturated carbocycles. The minimum atomic E-state index is -0.221. The van der Waals surface area contributed by atoms with Crippen molar-refractivity contribution in [2.45, 2.75) is 20.4 Å². The van der Waals surface area contributed by atoms with Gasteiger partial charge in [0.25, 0.3) is 0 Å². The van der Waals surface area contributed by atoms with Gasteiger partial charge in [-0.05, 0) is 43.2 Å². The zero-order valence-electron chi connectivity index (χ0n) is 12.1. The Morgan fingerprint density at radius 2 is 2.05 bits per heavy atom. The molecule has 5 nitrogen and oxygen atoms in total. The minimum absolute atomic E-state index is 0.221. The Kier molecular flexibility index (Phi) is 5.22. The van der Waals surface area contributed by atoms with E-state index in [1.54, 1.807) is 30.5 Å². The summed E-state index contributed by atoms with van der Waals surface area (Å²) in [7, 11) is 0. The zero-order chi connectivity index (χ0) is 15.2. The fourth-order valence-corrected chi connectivity index (χ4v) is 2.05. The predicted molar refractivity (Wildman–Crippen MR) is 84.6 cm³/mol. The lowest BCUT2D eigenvalue weighted by Gasteiger charge is -2.14. The Labute approximate surface area is 129 Å². The molecule has 1 atom stereocenters. The lowest BCUT2D eigenvalue weighted by Crippen LogP contribution is -2.33. The van der Waals surface area contributed by atoms with E-state index in [4.69, 9.17) is 11.6 Å². The maximum Gasteiger partial charge on any atom is 0.319 e. The molecule has 0 bridgehead atoms. The molecule has 0 unspecified atom stereocenters. The van der Waals surface area contributed by atoms with E-state index in [9.17, 15) is 4.79 Å². The van der Waals surface area contributed by atoms with Crippen molar-refractivity contribution in [2.75, 3.05) is 11.9 Å². The van der Waals surface area contributed by atoms with E-state index in [2.05, 4.69) is 22.7 Å². The van der Waals surface area contributed by atoms with E-state index in [0.29, 0.717) is 23.2 Å². The molecule has 1 aromatic heterocycles. The summed E-state index contributed by atoms with van der Waals surface area (Å²) >= 11 is 5.79. The molecule has 0 spiro atoms. The van der Waals surface area contributed by atoms with Crippen LogP contribution in [0.4, 0.5) is 10.5 Å². The summed E-state index contributed by atoms with van der Waals surface area (Å²) in [6, 6.07) is 8.74. The van der Waals surface area contributed by atoms with Crippen molar-refractivity contribution >= 4 is 23.3 Å². The van der Waals surface area contributed by atoms with Crippen molar-refractivity contribution in [1.29, 1.82) is 0 Å². The Bertz CT molecular complexity index is 594. The van der Waals surface area contributed by atoms with Crippen LogP contribution in [-0.4, -0.2) is 22.4 Å². The predicted octanol–water partition coefficient (Wildman–Crippen LogP) is 3.30. The van der Waals surface area contributed by atoms with Gasteiger partial charge in [0.1, 0.15) is 0 Å². The Hall–Kier alpha value is -2.01. The maximum absolute atomic E-state index is 11.8. The van der Waals surface area contributed by atoms with Crippen LogP contribution >= 0.6 is 11.6 Å². The van der Waals surface area contributed by atoms with E-state index < -0.39 is 0 Å². The molecule has 2 N–H and O–H groups in total. The summed E-state index contributed by atoms with van der Waals surface area (Å²) in [5.74, 6) is 0.291. The Balaban J connectivity index is 1.75. The van der Waals surface area contributed by atoms with Crippen molar-refractivity contribution in [2.24, 2.45) is 5.92 Å². The highest BCUT2D eigenvalue weighted by molar-refractivity contribution is 6.30. The number of aryl methyl sites for hydroxylation is 1. The maximum atomic E-state index is 11.8. The molecule has 0 aliphatic carbocycles. The first-order chi connectivity index (χ1) is 10.0. The van der Waals surface area contributed by atoms with Gasteiger partial charge in [-0.3, -0.25) is 4.68 Å². The second kappa shape index (κ2) is 7.13. The number of amides is 2. The zero-order valence-corrected chi connectivity index (χ0v) is 12.9. The van der Waals surface area contributed by atoms with Crippen LogP contribution in [0, 0.1) is 12.8 Å². The fraction of sp³-hybridized carbons (Fsp3) is 0.333. The summed E-state index contributed by atoms with van der Waals surface area (Å²) in [6.45, 7) is 5.45. The number of nitrogens with one attached hydrogen (secondary N) is 2. The Morgan fingerprint density at radius 3 is 2.67 bits per heavy atom. The highest BCUT2D eigenvalue weighted by Gasteiger charge is 2.08. The second-order valence-electron chi connectivity index (χ2n) is 5.10. The highest BCUT2D eigenvalue weighted by Crippen LogP contribution is 2.13. The van der Waals surface area contributed by atoms with Gasteiger partial charge in [0.2, 0.25) is 0 Å². The number of carbonyl (C=O) groups excluding carboxylic acids is 1. The number of halogens is 1. The standard InChI is InChI=1S/C15H19ClN4O/c1-11(10-20-12(2)7-8-18-20)9-17-15(21)19-14-5-3-13(16)4-6-14/h3-8,11H,9-10H2,1-2H3,(H2,17,19,21)/t11-/m0/s1. The first-order valence-corrected chi connectivity index (χ1v) is 7.21. The number of aromatic nitrogens is 2. The van der Waals surface area contributed by atoms with Crippen LogP contribution in [-0.2, 0) is 6.54 Å². The lowest BCUT2D eigenvalue weighted by atomic mass is 10.2. The van der Waals surface area contributed by atoms with Crippen LogP contribution in [0.15, 0.2) is 36.5 Å². The number of nitrogens with zero attached hydrogens (tertiary/aromatic N) is 2. The second-order valence-corrected chi connectivity index (χ2v) is 5.54. The van der Waals surface area contributed by atoms with E-state index in [0.717, 1.165) is 12.2 Å².